The number of benzene rings is 1. The SMILES string of the molecule is C#CCN(CCC)C(=O)c1cccc(F)c1F. The van der Waals surface area contributed by atoms with E-state index in [1.54, 1.807) is 0 Å². The molecule has 1 aromatic carbocycles. The highest BCUT2D eigenvalue weighted by Crippen LogP contribution is 2.13. The van der Waals surface area contributed by atoms with Crippen LogP contribution in [-0.2, 0) is 0 Å². The molecule has 0 bridgehead atoms. The molecule has 17 heavy (non-hydrogen) atoms. The Morgan fingerprint density at radius 3 is 2.76 bits per heavy atom. The first-order valence-electron chi connectivity index (χ1n) is 5.28. The Balaban J connectivity index is 3.01. The molecule has 0 spiro atoms. The molecule has 0 unspecified atom stereocenters. The van der Waals surface area contributed by atoms with Crippen LogP contribution in [0.2, 0.25) is 0 Å². The van der Waals surface area contributed by atoms with Crippen molar-refractivity contribution in [2.45, 2.75) is 13.3 Å². The molecule has 4 heteroatoms. The van der Waals surface area contributed by atoms with Crippen molar-refractivity contribution in [3.8, 4) is 12.3 Å². The van der Waals surface area contributed by atoms with Gasteiger partial charge in [0.2, 0.25) is 0 Å². The highest BCUT2D eigenvalue weighted by molar-refractivity contribution is 5.94. The van der Waals surface area contributed by atoms with Gasteiger partial charge in [0.1, 0.15) is 0 Å². The number of rotatable bonds is 4. The smallest absolute Gasteiger partial charge is 0.257 e. The lowest BCUT2D eigenvalue weighted by Crippen LogP contribution is -2.32. The number of hydrogen-bond acceptors (Lipinski definition) is 1. The van der Waals surface area contributed by atoms with Gasteiger partial charge < -0.3 is 4.90 Å². The van der Waals surface area contributed by atoms with Crippen LogP contribution < -0.4 is 0 Å². The number of halogens is 2. The Labute approximate surface area is 99.2 Å². The second-order valence-corrected chi connectivity index (χ2v) is 3.53. The molecule has 0 heterocycles. The highest BCUT2D eigenvalue weighted by Gasteiger charge is 2.19. The zero-order valence-corrected chi connectivity index (χ0v) is 9.54. The first-order valence-corrected chi connectivity index (χ1v) is 5.28. The Kier molecular flexibility index (Phi) is 4.65. The number of nitrogens with zero attached hydrogens (tertiary/aromatic N) is 1. The van der Waals surface area contributed by atoms with Crippen LogP contribution in [0.3, 0.4) is 0 Å². The average molecular weight is 237 g/mol. The summed E-state index contributed by atoms with van der Waals surface area (Å²) in [7, 11) is 0. The number of carbonyl (C=O) groups excluding carboxylic acids is 1. The standard InChI is InChI=1S/C13H13F2NO/c1-3-8-16(9-4-2)13(17)10-6-5-7-11(14)12(10)15/h1,5-7H,4,8-9H2,2H3. The second-order valence-electron chi connectivity index (χ2n) is 3.53. The van der Waals surface area contributed by atoms with Crippen LogP contribution in [0.5, 0.6) is 0 Å². The maximum atomic E-state index is 13.4. The summed E-state index contributed by atoms with van der Waals surface area (Å²) in [5.74, 6) is -0.419. The van der Waals surface area contributed by atoms with Crippen molar-refractivity contribution >= 4 is 5.91 Å². The van der Waals surface area contributed by atoms with Crippen LogP contribution >= 0.6 is 0 Å². The Hall–Kier alpha value is -1.89. The van der Waals surface area contributed by atoms with Crippen molar-refractivity contribution in [2.75, 3.05) is 13.1 Å². The van der Waals surface area contributed by atoms with Crippen molar-refractivity contribution < 1.29 is 13.6 Å². The van der Waals surface area contributed by atoms with E-state index in [2.05, 4.69) is 5.92 Å². The molecule has 1 aromatic rings. The minimum absolute atomic E-state index is 0.0859. The maximum absolute atomic E-state index is 13.4. The predicted molar refractivity (Wildman–Crippen MR) is 61.4 cm³/mol. The topological polar surface area (TPSA) is 20.3 Å². The van der Waals surface area contributed by atoms with Crippen LogP contribution in [0, 0.1) is 24.0 Å². The average Bonchev–Trinajstić information content (AvgIpc) is 2.31. The number of amides is 1. The molecule has 0 saturated carbocycles. The fourth-order valence-electron chi connectivity index (χ4n) is 1.47. The van der Waals surface area contributed by atoms with Crippen molar-refractivity contribution in [3.05, 3.63) is 35.4 Å². The van der Waals surface area contributed by atoms with E-state index in [4.69, 9.17) is 6.42 Å². The lowest BCUT2D eigenvalue weighted by atomic mass is 10.1. The number of terminal acetylenes is 1. The summed E-state index contributed by atoms with van der Waals surface area (Å²) in [5, 5.41) is 0. The molecular weight excluding hydrogens is 224 g/mol. The van der Waals surface area contributed by atoms with Crippen molar-refractivity contribution in [1.29, 1.82) is 0 Å². The summed E-state index contributed by atoms with van der Waals surface area (Å²) >= 11 is 0. The van der Waals surface area contributed by atoms with E-state index < -0.39 is 17.5 Å². The van der Waals surface area contributed by atoms with Gasteiger partial charge in [0, 0.05) is 6.54 Å². The number of carbonyl (C=O) groups is 1. The summed E-state index contributed by atoms with van der Waals surface area (Å²) in [4.78, 5) is 13.2. The van der Waals surface area contributed by atoms with Crippen LogP contribution in [-0.4, -0.2) is 23.9 Å². The van der Waals surface area contributed by atoms with E-state index in [0.29, 0.717) is 13.0 Å². The van der Waals surface area contributed by atoms with Gasteiger partial charge in [-0.2, -0.15) is 0 Å². The van der Waals surface area contributed by atoms with E-state index in [1.807, 2.05) is 6.92 Å². The summed E-state index contributed by atoms with van der Waals surface area (Å²) in [6.45, 7) is 2.38. The van der Waals surface area contributed by atoms with Gasteiger partial charge in [-0.3, -0.25) is 4.79 Å². The maximum Gasteiger partial charge on any atom is 0.257 e. The number of hydrogen-bond donors (Lipinski definition) is 0. The van der Waals surface area contributed by atoms with Crippen LogP contribution in [0.15, 0.2) is 18.2 Å². The van der Waals surface area contributed by atoms with E-state index in [1.165, 1.54) is 17.0 Å². The first-order chi connectivity index (χ1) is 8.11. The van der Waals surface area contributed by atoms with E-state index in [-0.39, 0.29) is 12.1 Å². The molecule has 0 fully saturated rings. The minimum atomic E-state index is -1.13. The van der Waals surface area contributed by atoms with Gasteiger partial charge in [0.15, 0.2) is 11.6 Å². The minimum Gasteiger partial charge on any atom is -0.327 e. The molecule has 0 atom stereocenters. The Morgan fingerprint density at radius 1 is 1.47 bits per heavy atom. The molecule has 0 N–H and O–H groups in total. The zero-order chi connectivity index (χ0) is 12.8. The summed E-state index contributed by atoms with van der Waals surface area (Å²) in [6.07, 6.45) is 5.83. The lowest BCUT2D eigenvalue weighted by Gasteiger charge is -2.19. The molecule has 0 radical (unpaired) electrons. The third-order valence-corrected chi connectivity index (χ3v) is 2.24. The fraction of sp³-hybridized carbons (Fsp3) is 0.308. The quantitative estimate of drug-likeness (QED) is 0.736. The molecular formula is C13H13F2NO. The largest absolute Gasteiger partial charge is 0.327 e. The highest BCUT2D eigenvalue weighted by atomic mass is 19.2. The third kappa shape index (κ3) is 3.04. The van der Waals surface area contributed by atoms with Gasteiger partial charge in [-0.05, 0) is 18.6 Å². The molecule has 1 rings (SSSR count). The van der Waals surface area contributed by atoms with Crippen LogP contribution in [0.1, 0.15) is 23.7 Å². The molecule has 1 amide bonds. The zero-order valence-electron chi connectivity index (χ0n) is 9.54. The van der Waals surface area contributed by atoms with Crippen LogP contribution in [0.4, 0.5) is 8.78 Å². The van der Waals surface area contributed by atoms with Crippen LogP contribution in [0.25, 0.3) is 0 Å². The Bertz CT molecular complexity index is 451. The molecule has 0 aliphatic rings. The van der Waals surface area contributed by atoms with E-state index in [0.717, 1.165) is 6.07 Å². The predicted octanol–water partition coefficient (Wildman–Crippen LogP) is 2.45. The molecule has 0 saturated heterocycles. The van der Waals surface area contributed by atoms with Crippen molar-refractivity contribution in [2.24, 2.45) is 0 Å². The normalized spacial score (nSPS) is 9.76. The summed E-state index contributed by atoms with van der Waals surface area (Å²) in [6, 6.07) is 3.52. The van der Waals surface area contributed by atoms with E-state index >= 15 is 0 Å². The van der Waals surface area contributed by atoms with Gasteiger partial charge in [-0.25, -0.2) is 8.78 Å². The molecule has 0 aliphatic carbocycles. The third-order valence-electron chi connectivity index (χ3n) is 2.24. The van der Waals surface area contributed by atoms with E-state index in [9.17, 15) is 13.6 Å². The van der Waals surface area contributed by atoms with Gasteiger partial charge in [0.05, 0.1) is 12.1 Å². The van der Waals surface area contributed by atoms with Gasteiger partial charge in [-0.1, -0.05) is 18.9 Å². The van der Waals surface area contributed by atoms with Crippen molar-refractivity contribution in [1.82, 2.24) is 4.90 Å². The molecule has 2 nitrogen and oxygen atoms in total. The van der Waals surface area contributed by atoms with Gasteiger partial charge in [-0.15, -0.1) is 6.42 Å². The molecule has 90 valence electrons. The molecule has 0 aliphatic heterocycles. The Morgan fingerprint density at radius 2 is 2.18 bits per heavy atom. The summed E-state index contributed by atoms with van der Waals surface area (Å²) in [5.41, 5.74) is -0.284. The first kappa shape index (κ1) is 13.2. The molecule has 0 aromatic heterocycles. The second kappa shape index (κ2) is 6.00. The van der Waals surface area contributed by atoms with Gasteiger partial charge >= 0.3 is 0 Å². The fourth-order valence-corrected chi connectivity index (χ4v) is 1.47. The van der Waals surface area contributed by atoms with Gasteiger partial charge in [0.25, 0.3) is 5.91 Å². The summed E-state index contributed by atoms with van der Waals surface area (Å²) < 4.78 is 26.4. The monoisotopic (exact) mass is 237 g/mol. The lowest BCUT2D eigenvalue weighted by molar-refractivity contribution is 0.0771. The van der Waals surface area contributed by atoms with Crippen molar-refractivity contribution in [3.63, 3.8) is 0 Å².